The molecule has 5 rings (SSSR count). The molecule has 0 bridgehead atoms. The molecule has 4 aromatic rings. The van der Waals surface area contributed by atoms with Gasteiger partial charge in [-0.2, -0.15) is 5.26 Å². The predicted molar refractivity (Wildman–Crippen MR) is 148 cm³/mol. The van der Waals surface area contributed by atoms with Crippen LogP contribution >= 0.6 is 11.3 Å². The van der Waals surface area contributed by atoms with Crippen molar-refractivity contribution in [2.24, 2.45) is 0 Å². The number of hydrogen-bond donors (Lipinski definition) is 1. The first-order valence-electron chi connectivity index (χ1n) is 12.4. The van der Waals surface area contributed by atoms with Gasteiger partial charge >= 0.3 is 5.00 Å². The number of aryl methyl sites for hydroxylation is 1. The van der Waals surface area contributed by atoms with E-state index in [0.29, 0.717) is 72.5 Å². The average molecular weight is 547 g/mol. The highest BCUT2D eigenvalue weighted by Gasteiger charge is 2.23. The molecule has 0 aliphatic carbocycles. The van der Waals surface area contributed by atoms with Gasteiger partial charge in [0.1, 0.15) is 0 Å². The van der Waals surface area contributed by atoms with Gasteiger partial charge in [0.15, 0.2) is 5.82 Å². The van der Waals surface area contributed by atoms with Crippen LogP contribution in [0.4, 0.5) is 16.4 Å². The van der Waals surface area contributed by atoms with Crippen LogP contribution in [0.1, 0.15) is 22.3 Å². The normalized spacial score (nSPS) is 13.4. The zero-order chi connectivity index (χ0) is 27.4. The fourth-order valence-corrected chi connectivity index (χ4v) is 5.40. The number of benzene rings is 2. The van der Waals surface area contributed by atoms with E-state index in [4.69, 9.17) is 14.5 Å². The van der Waals surface area contributed by atoms with Crippen molar-refractivity contribution in [2.75, 3.05) is 50.2 Å². The molecule has 0 saturated carbocycles. The number of nitrogens with zero attached hydrogens (tertiary/aromatic N) is 5. The first-order chi connectivity index (χ1) is 19.0. The molecular formula is C27H26N6O5S. The number of carbonyl (C=O) groups excluding carboxylic acids is 1. The number of aromatic nitrogens is 2. The lowest BCUT2D eigenvalue weighted by Crippen LogP contribution is -2.36. The van der Waals surface area contributed by atoms with Crippen LogP contribution in [0.2, 0.25) is 0 Å². The number of nitrogens with one attached hydrogen (secondary N) is 1. The van der Waals surface area contributed by atoms with Gasteiger partial charge in [0, 0.05) is 45.0 Å². The number of amides is 1. The summed E-state index contributed by atoms with van der Waals surface area (Å²) in [5, 5.41) is 23.6. The molecule has 0 radical (unpaired) electrons. The Kier molecular flexibility index (Phi) is 7.83. The Balaban J connectivity index is 1.62. The molecule has 1 amide bonds. The highest BCUT2D eigenvalue weighted by molar-refractivity contribution is 7.18. The molecule has 2 aromatic heterocycles. The van der Waals surface area contributed by atoms with E-state index in [1.54, 1.807) is 37.4 Å². The number of thiophene rings is 1. The second-order valence-electron chi connectivity index (χ2n) is 8.93. The molecule has 0 unspecified atom stereocenters. The van der Waals surface area contributed by atoms with Crippen LogP contribution in [-0.2, 0) is 16.0 Å². The highest BCUT2D eigenvalue weighted by atomic mass is 32.1. The first kappa shape index (κ1) is 26.3. The summed E-state index contributed by atoms with van der Waals surface area (Å²) in [6.07, 6.45) is 0.725. The molecule has 1 fully saturated rings. The standard InChI is InChI=1S/C27H26N6O5S/c1-37-11-3-8-32-23-16-22(31-9-12-38-13-10-31)20(30-27(34)19-5-2-4-18(14-19)17-28)15-21(23)29-26(32)24-6-7-25(39-24)33(35)36/h2,4-7,14-16H,3,8-13H2,1H3,(H,30,34). The minimum atomic E-state index is -0.405. The van der Waals surface area contributed by atoms with E-state index in [9.17, 15) is 20.2 Å². The Hall–Kier alpha value is -4.31. The number of fused-ring (bicyclic) bond motifs is 1. The molecule has 1 aliphatic rings. The van der Waals surface area contributed by atoms with Crippen LogP contribution in [-0.4, -0.2) is 60.4 Å². The van der Waals surface area contributed by atoms with Crippen LogP contribution < -0.4 is 10.2 Å². The SMILES string of the molecule is COCCCn1c(-c2ccc([N+](=O)[O-])s2)nc2cc(NC(=O)c3cccc(C#N)c3)c(N3CCOCC3)cc21. The summed E-state index contributed by atoms with van der Waals surface area (Å²) in [7, 11) is 1.65. The van der Waals surface area contributed by atoms with Crippen molar-refractivity contribution >= 4 is 44.7 Å². The molecule has 1 N–H and O–H groups in total. The van der Waals surface area contributed by atoms with E-state index in [-0.39, 0.29) is 10.9 Å². The molecule has 3 heterocycles. The molecule has 0 spiro atoms. The van der Waals surface area contributed by atoms with Crippen LogP contribution in [0.25, 0.3) is 21.7 Å². The lowest BCUT2D eigenvalue weighted by molar-refractivity contribution is -0.380. The summed E-state index contributed by atoms with van der Waals surface area (Å²) < 4.78 is 12.9. The largest absolute Gasteiger partial charge is 0.385 e. The van der Waals surface area contributed by atoms with Gasteiger partial charge in [0.25, 0.3) is 5.91 Å². The maximum absolute atomic E-state index is 13.2. The smallest absolute Gasteiger partial charge is 0.324 e. The summed E-state index contributed by atoms with van der Waals surface area (Å²) in [4.78, 5) is 31.9. The van der Waals surface area contributed by atoms with E-state index in [1.165, 1.54) is 6.07 Å². The molecule has 0 atom stereocenters. The predicted octanol–water partition coefficient (Wildman–Crippen LogP) is 4.67. The summed E-state index contributed by atoms with van der Waals surface area (Å²) in [6.45, 7) is 3.58. The monoisotopic (exact) mass is 546 g/mol. The number of morpholine rings is 1. The molecule has 39 heavy (non-hydrogen) atoms. The van der Waals surface area contributed by atoms with Crippen LogP contribution in [0, 0.1) is 21.4 Å². The van der Waals surface area contributed by atoms with Crippen LogP contribution in [0.5, 0.6) is 0 Å². The molecule has 200 valence electrons. The Bertz CT molecular complexity index is 1570. The van der Waals surface area contributed by atoms with Gasteiger partial charge < -0.3 is 24.3 Å². The number of methoxy groups -OCH3 is 1. The number of carbonyl (C=O) groups is 1. The number of nitriles is 1. The third kappa shape index (κ3) is 5.61. The van der Waals surface area contributed by atoms with Gasteiger partial charge in [-0.15, -0.1) is 0 Å². The van der Waals surface area contributed by atoms with Gasteiger partial charge in [-0.3, -0.25) is 14.9 Å². The topological polar surface area (TPSA) is 136 Å². The number of anilines is 2. The summed E-state index contributed by atoms with van der Waals surface area (Å²) in [6, 6.07) is 15.6. The second-order valence-corrected chi connectivity index (χ2v) is 9.99. The zero-order valence-electron chi connectivity index (χ0n) is 21.3. The van der Waals surface area contributed by atoms with E-state index in [1.807, 2.05) is 12.1 Å². The zero-order valence-corrected chi connectivity index (χ0v) is 22.1. The Morgan fingerprint density at radius 1 is 1.26 bits per heavy atom. The maximum atomic E-state index is 13.2. The van der Waals surface area contributed by atoms with Gasteiger partial charge in [-0.1, -0.05) is 17.4 Å². The van der Waals surface area contributed by atoms with Crippen molar-refractivity contribution in [3.05, 3.63) is 69.8 Å². The fourth-order valence-electron chi connectivity index (χ4n) is 4.58. The summed E-state index contributed by atoms with van der Waals surface area (Å²) in [5.74, 6) is 0.284. The van der Waals surface area contributed by atoms with Crippen molar-refractivity contribution < 1.29 is 19.2 Å². The third-order valence-electron chi connectivity index (χ3n) is 6.44. The van der Waals surface area contributed by atoms with Crippen LogP contribution in [0.3, 0.4) is 0 Å². The molecule has 11 nitrogen and oxygen atoms in total. The lowest BCUT2D eigenvalue weighted by Gasteiger charge is -2.30. The quantitative estimate of drug-likeness (QED) is 0.182. The second kappa shape index (κ2) is 11.6. The lowest BCUT2D eigenvalue weighted by atomic mass is 10.1. The number of hydrogen-bond acceptors (Lipinski definition) is 9. The van der Waals surface area contributed by atoms with Crippen molar-refractivity contribution in [3.63, 3.8) is 0 Å². The number of rotatable bonds is 9. The van der Waals surface area contributed by atoms with Crippen molar-refractivity contribution in [3.8, 4) is 16.8 Å². The Labute approximate surface area is 228 Å². The number of nitro groups is 1. The minimum Gasteiger partial charge on any atom is -0.385 e. The number of ether oxygens (including phenoxy) is 2. The van der Waals surface area contributed by atoms with E-state index < -0.39 is 4.92 Å². The minimum absolute atomic E-state index is 0.0436. The molecule has 12 heteroatoms. The first-order valence-corrected chi connectivity index (χ1v) is 13.2. The third-order valence-corrected chi connectivity index (χ3v) is 7.47. The molecule has 1 aliphatic heterocycles. The van der Waals surface area contributed by atoms with Gasteiger partial charge in [0.2, 0.25) is 0 Å². The molecule has 1 saturated heterocycles. The van der Waals surface area contributed by atoms with Gasteiger partial charge in [-0.25, -0.2) is 4.98 Å². The van der Waals surface area contributed by atoms with Gasteiger partial charge in [-0.05, 0) is 42.8 Å². The Morgan fingerprint density at radius 2 is 2.08 bits per heavy atom. The summed E-state index contributed by atoms with van der Waals surface area (Å²) in [5.41, 5.74) is 3.68. The summed E-state index contributed by atoms with van der Waals surface area (Å²) >= 11 is 1.07. The Morgan fingerprint density at radius 3 is 2.79 bits per heavy atom. The van der Waals surface area contributed by atoms with Crippen molar-refractivity contribution in [1.29, 1.82) is 5.26 Å². The average Bonchev–Trinajstić information content (AvgIpc) is 3.58. The van der Waals surface area contributed by atoms with Crippen LogP contribution in [0.15, 0.2) is 48.5 Å². The molecular weight excluding hydrogens is 520 g/mol. The van der Waals surface area contributed by atoms with E-state index >= 15 is 0 Å². The number of imidazole rings is 1. The highest BCUT2D eigenvalue weighted by Crippen LogP contribution is 2.38. The van der Waals surface area contributed by atoms with Crippen molar-refractivity contribution in [1.82, 2.24) is 9.55 Å². The maximum Gasteiger partial charge on any atom is 0.324 e. The molecule has 2 aromatic carbocycles. The van der Waals surface area contributed by atoms with E-state index in [2.05, 4.69) is 20.9 Å². The van der Waals surface area contributed by atoms with E-state index in [0.717, 1.165) is 29.0 Å². The van der Waals surface area contributed by atoms with Gasteiger partial charge in [0.05, 0.1) is 57.1 Å². The van der Waals surface area contributed by atoms with Crippen molar-refractivity contribution in [2.45, 2.75) is 13.0 Å². The fraction of sp³-hybridized carbons (Fsp3) is 0.296.